The molecule has 19 heavy (non-hydrogen) atoms. The van der Waals surface area contributed by atoms with E-state index in [9.17, 15) is 0 Å². The molecule has 1 aromatic rings. The number of aliphatic hydroxyl groups excluding tert-OH is 1. The summed E-state index contributed by atoms with van der Waals surface area (Å²) in [6.45, 7) is 3.59. The van der Waals surface area contributed by atoms with E-state index in [1.54, 1.807) is 11.1 Å². The number of thioether (sulfide) groups is 1. The second-order valence-corrected chi connectivity index (χ2v) is 6.47. The van der Waals surface area contributed by atoms with Crippen LogP contribution in [0.15, 0.2) is 18.2 Å². The largest absolute Gasteiger partial charge is 0.396 e. The van der Waals surface area contributed by atoms with E-state index < -0.39 is 0 Å². The number of benzene rings is 1. The summed E-state index contributed by atoms with van der Waals surface area (Å²) in [6.07, 6.45) is 4.75. The first-order chi connectivity index (χ1) is 9.31. The first-order valence-electron chi connectivity index (χ1n) is 7.35. The molecule has 0 saturated carbocycles. The van der Waals surface area contributed by atoms with E-state index in [1.165, 1.54) is 24.8 Å². The third-order valence-corrected chi connectivity index (χ3v) is 4.84. The van der Waals surface area contributed by atoms with Crippen molar-refractivity contribution in [2.24, 2.45) is 0 Å². The molecule has 2 rings (SSSR count). The van der Waals surface area contributed by atoms with Gasteiger partial charge in [0.15, 0.2) is 0 Å². The van der Waals surface area contributed by atoms with Crippen molar-refractivity contribution in [3.63, 3.8) is 0 Å². The van der Waals surface area contributed by atoms with Crippen LogP contribution in [0.5, 0.6) is 0 Å². The van der Waals surface area contributed by atoms with Gasteiger partial charge in [-0.3, -0.25) is 0 Å². The van der Waals surface area contributed by atoms with Crippen LogP contribution < -0.4 is 5.32 Å². The highest BCUT2D eigenvalue weighted by Gasteiger charge is 2.12. The monoisotopic (exact) mass is 279 g/mol. The number of nitrogens with one attached hydrogen (secondary N) is 1. The van der Waals surface area contributed by atoms with Gasteiger partial charge in [-0.25, -0.2) is 0 Å². The lowest BCUT2D eigenvalue weighted by Crippen LogP contribution is -2.21. The lowest BCUT2D eigenvalue weighted by atomic mass is 10.0. The topological polar surface area (TPSA) is 32.3 Å². The number of hydrogen-bond donors (Lipinski definition) is 2. The molecule has 106 valence electrons. The van der Waals surface area contributed by atoms with Gasteiger partial charge in [0.25, 0.3) is 0 Å². The lowest BCUT2D eigenvalue weighted by molar-refractivity contribution is 0.296. The van der Waals surface area contributed by atoms with E-state index in [2.05, 4.69) is 30.4 Å². The van der Waals surface area contributed by atoms with Crippen LogP contribution in [-0.4, -0.2) is 29.8 Å². The van der Waals surface area contributed by atoms with E-state index in [4.69, 9.17) is 5.11 Å². The molecule has 0 fully saturated rings. The normalized spacial score (nSPS) is 15.5. The van der Waals surface area contributed by atoms with Gasteiger partial charge in [0.1, 0.15) is 0 Å². The zero-order valence-electron chi connectivity index (χ0n) is 11.8. The van der Waals surface area contributed by atoms with Gasteiger partial charge in [0.2, 0.25) is 0 Å². The molecule has 2 N–H and O–H groups in total. The van der Waals surface area contributed by atoms with Crippen LogP contribution in [0.2, 0.25) is 0 Å². The predicted octanol–water partition coefficient (Wildman–Crippen LogP) is 2.94. The highest BCUT2D eigenvalue weighted by molar-refractivity contribution is 7.99. The van der Waals surface area contributed by atoms with Gasteiger partial charge in [-0.1, -0.05) is 18.2 Å². The summed E-state index contributed by atoms with van der Waals surface area (Å²) in [7, 11) is 0. The van der Waals surface area contributed by atoms with Crippen LogP contribution >= 0.6 is 11.8 Å². The molecule has 0 heterocycles. The zero-order chi connectivity index (χ0) is 13.5. The number of fused-ring (bicyclic) bond motifs is 1. The van der Waals surface area contributed by atoms with Gasteiger partial charge in [-0.2, -0.15) is 11.8 Å². The Balaban J connectivity index is 1.72. The Hall–Kier alpha value is -0.510. The van der Waals surface area contributed by atoms with Crippen molar-refractivity contribution in [3.8, 4) is 0 Å². The number of rotatable bonds is 8. The molecule has 1 aromatic carbocycles. The fourth-order valence-electron chi connectivity index (χ4n) is 2.60. The van der Waals surface area contributed by atoms with Crippen molar-refractivity contribution in [1.29, 1.82) is 0 Å². The molecule has 1 aliphatic rings. The molecular formula is C16H25NOS. The Morgan fingerprint density at radius 2 is 2.11 bits per heavy atom. The van der Waals surface area contributed by atoms with Crippen molar-refractivity contribution in [1.82, 2.24) is 5.32 Å². The molecule has 0 aliphatic heterocycles. The fourth-order valence-corrected chi connectivity index (χ4v) is 3.39. The molecular weight excluding hydrogens is 254 g/mol. The van der Waals surface area contributed by atoms with Crippen LogP contribution in [0.25, 0.3) is 0 Å². The zero-order valence-corrected chi connectivity index (χ0v) is 12.6. The van der Waals surface area contributed by atoms with E-state index in [0.29, 0.717) is 12.6 Å². The van der Waals surface area contributed by atoms with E-state index >= 15 is 0 Å². The van der Waals surface area contributed by atoms with Gasteiger partial charge in [0, 0.05) is 24.9 Å². The molecule has 3 heteroatoms. The third kappa shape index (κ3) is 4.51. The molecule has 0 bridgehead atoms. The summed E-state index contributed by atoms with van der Waals surface area (Å²) in [5.41, 5.74) is 4.53. The van der Waals surface area contributed by atoms with Crippen LogP contribution in [0.3, 0.4) is 0 Å². The molecule has 0 aromatic heterocycles. The highest BCUT2D eigenvalue weighted by Crippen LogP contribution is 2.25. The molecule has 1 unspecified atom stereocenters. The van der Waals surface area contributed by atoms with Crippen molar-refractivity contribution in [3.05, 3.63) is 34.9 Å². The second kappa shape index (κ2) is 7.93. The Kier molecular flexibility index (Phi) is 6.21. The summed E-state index contributed by atoms with van der Waals surface area (Å²) in [4.78, 5) is 0. The van der Waals surface area contributed by atoms with Gasteiger partial charge < -0.3 is 10.4 Å². The number of hydrogen-bond acceptors (Lipinski definition) is 3. The molecule has 0 radical (unpaired) electrons. The Bertz CT molecular complexity index is 394. The number of aryl methyl sites for hydroxylation is 2. The molecule has 0 spiro atoms. The minimum absolute atomic E-state index is 0.311. The standard InChI is InChI=1S/C16H25NOS/c1-13(17-8-11-19-10-3-9-18)15-7-6-14-4-2-5-16(14)12-15/h6-7,12-13,17-18H,2-5,8-11H2,1H3. The van der Waals surface area contributed by atoms with Gasteiger partial charge in [0.05, 0.1) is 0 Å². The van der Waals surface area contributed by atoms with Crippen molar-refractivity contribution < 1.29 is 5.11 Å². The van der Waals surface area contributed by atoms with Crippen LogP contribution in [0, 0.1) is 0 Å². The third-order valence-electron chi connectivity index (χ3n) is 3.77. The number of aliphatic hydroxyl groups is 1. The SMILES string of the molecule is CC(NCCSCCCO)c1ccc2c(c1)CCC2. The minimum Gasteiger partial charge on any atom is -0.396 e. The lowest BCUT2D eigenvalue weighted by Gasteiger charge is -2.15. The summed E-state index contributed by atoms with van der Waals surface area (Å²) < 4.78 is 0. The van der Waals surface area contributed by atoms with Gasteiger partial charge >= 0.3 is 0 Å². The van der Waals surface area contributed by atoms with Crippen molar-refractivity contribution in [2.45, 2.75) is 38.6 Å². The maximum Gasteiger partial charge on any atom is 0.0438 e. The van der Waals surface area contributed by atoms with Crippen LogP contribution in [0.1, 0.15) is 42.5 Å². The summed E-state index contributed by atoms with van der Waals surface area (Å²) in [5.74, 6) is 2.18. The van der Waals surface area contributed by atoms with Gasteiger partial charge in [-0.15, -0.1) is 0 Å². The highest BCUT2D eigenvalue weighted by atomic mass is 32.2. The maximum absolute atomic E-state index is 8.71. The molecule has 1 atom stereocenters. The molecule has 0 amide bonds. The molecule has 0 saturated heterocycles. The Morgan fingerprint density at radius 1 is 1.26 bits per heavy atom. The van der Waals surface area contributed by atoms with Crippen molar-refractivity contribution in [2.75, 3.05) is 24.7 Å². The van der Waals surface area contributed by atoms with E-state index in [0.717, 1.165) is 24.5 Å². The van der Waals surface area contributed by atoms with Crippen LogP contribution in [0.4, 0.5) is 0 Å². The van der Waals surface area contributed by atoms with E-state index in [-0.39, 0.29) is 0 Å². The smallest absolute Gasteiger partial charge is 0.0438 e. The molecule has 1 aliphatic carbocycles. The minimum atomic E-state index is 0.311. The van der Waals surface area contributed by atoms with Crippen LogP contribution in [-0.2, 0) is 12.8 Å². The fraction of sp³-hybridized carbons (Fsp3) is 0.625. The summed E-state index contributed by atoms with van der Waals surface area (Å²) in [6, 6.07) is 7.41. The quantitative estimate of drug-likeness (QED) is 0.718. The van der Waals surface area contributed by atoms with E-state index in [1.807, 2.05) is 11.8 Å². The second-order valence-electron chi connectivity index (χ2n) is 5.25. The van der Waals surface area contributed by atoms with Crippen molar-refractivity contribution >= 4 is 11.8 Å². The molecule has 2 nitrogen and oxygen atoms in total. The predicted molar refractivity (Wildman–Crippen MR) is 83.9 cm³/mol. The average Bonchev–Trinajstić information content (AvgIpc) is 2.89. The summed E-state index contributed by atoms with van der Waals surface area (Å²) >= 11 is 1.91. The summed E-state index contributed by atoms with van der Waals surface area (Å²) in [5, 5.41) is 12.3. The Labute approximate surface area is 121 Å². The van der Waals surface area contributed by atoms with Gasteiger partial charge in [-0.05, 0) is 55.1 Å². The first kappa shape index (κ1) is 14.9. The average molecular weight is 279 g/mol. The first-order valence-corrected chi connectivity index (χ1v) is 8.50. The Morgan fingerprint density at radius 3 is 2.95 bits per heavy atom. The maximum atomic E-state index is 8.71.